The molecule has 8 aliphatic carbocycles. The van der Waals surface area contributed by atoms with Gasteiger partial charge in [0.1, 0.15) is 11.6 Å². The van der Waals surface area contributed by atoms with Gasteiger partial charge in [0.2, 0.25) is 0 Å². The molecule has 0 aliphatic heterocycles. The Kier molecular flexibility index (Phi) is 5.98. The quantitative estimate of drug-likeness (QED) is 0.352. The molecule has 3 unspecified atom stereocenters. The fourth-order valence-electron chi connectivity index (χ4n) is 15.0. The summed E-state index contributed by atoms with van der Waals surface area (Å²) in [6.45, 7) is 9.72. The van der Waals surface area contributed by atoms with Gasteiger partial charge in [-0.1, -0.05) is 33.8 Å². The van der Waals surface area contributed by atoms with Crippen LogP contribution in [-0.2, 0) is 14.4 Å². The first-order valence-corrected chi connectivity index (χ1v) is 17.8. The third-order valence-electron chi connectivity index (χ3n) is 17.3. The van der Waals surface area contributed by atoms with E-state index >= 15 is 0 Å². The predicted molar refractivity (Wildman–Crippen MR) is 162 cm³/mol. The highest BCUT2D eigenvalue weighted by molar-refractivity contribution is 5.92. The molecule has 42 heavy (non-hydrogen) atoms. The minimum Gasteiger partial charge on any atom is -0.393 e. The van der Waals surface area contributed by atoms with Gasteiger partial charge < -0.3 is 5.11 Å². The average Bonchev–Trinajstić information content (AvgIpc) is 3.43. The van der Waals surface area contributed by atoms with Crippen LogP contribution in [0.5, 0.6) is 0 Å². The Labute approximate surface area is 253 Å². The van der Waals surface area contributed by atoms with Gasteiger partial charge >= 0.3 is 0 Å². The van der Waals surface area contributed by atoms with Crippen LogP contribution in [0.4, 0.5) is 0 Å². The summed E-state index contributed by atoms with van der Waals surface area (Å²) < 4.78 is 0. The van der Waals surface area contributed by atoms with E-state index in [-0.39, 0.29) is 44.9 Å². The highest BCUT2D eigenvalue weighted by Crippen LogP contribution is 2.76. The second kappa shape index (κ2) is 8.91. The van der Waals surface area contributed by atoms with Crippen molar-refractivity contribution in [3.8, 4) is 0 Å². The highest BCUT2D eigenvalue weighted by atomic mass is 16.3. The normalized spacial score (nSPS) is 58.4. The lowest BCUT2D eigenvalue weighted by molar-refractivity contribution is -0.217. The van der Waals surface area contributed by atoms with Crippen molar-refractivity contribution in [3.05, 3.63) is 12.2 Å². The minimum absolute atomic E-state index is 0.0478. The fourth-order valence-corrected chi connectivity index (χ4v) is 15.0. The molecular weight excluding hydrogens is 520 g/mol. The van der Waals surface area contributed by atoms with Gasteiger partial charge in [0.05, 0.1) is 6.10 Å². The van der Waals surface area contributed by atoms with Crippen molar-refractivity contribution in [3.63, 3.8) is 0 Å². The van der Waals surface area contributed by atoms with E-state index in [0.717, 1.165) is 77.0 Å². The maximum absolute atomic E-state index is 13.7. The third kappa shape index (κ3) is 3.27. The van der Waals surface area contributed by atoms with Gasteiger partial charge in [-0.3, -0.25) is 14.4 Å². The summed E-state index contributed by atoms with van der Waals surface area (Å²) >= 11 is 0. The number of ketones is 3. The Balaban J connectivity index is 1.23. The van der Waals surface area contributed by atoms with Crippen molar-refractivity contribution >= 4 is 17.3 Å². The largest absolute Gasteiger partial charge is 0.393 e. The van der Waals surface area contributed by atoms with Crippen molar-refractivity contribution in [1.82, 2.24) is 0 Å². The molecule has 0 saturated heterocycles. The Morgan fingerprint density at radius 1 is 0.738 bits per heavy atom. The molecule has 4 nitrogen and oxygen atoms in total. The summed E-state index contributed by atoms with van der Waals surface area (Å²) in [4.78, 5) is 40.4. The summed E-state index contributed by atoms with van der Waals surface area (Å²) in [5.74, 6) is 5.16. The molecular formula is C38H54O4. The lowest BCUT2D eigenvalue weighted by Crippen LogP contribution is -2.66. The van der Waals surface area contributed by atoms with Gasteiger partial charge in [0.25, 0.3) is 0 Å². The van der Waals surface area contributed by atoms with Gasteiger partial charge in [-0.25, -0.2) is 0 Å². The molecule has 7 fully saturated rings. The van der Waals surface area contributed by atoms with Crippen LogP contribution < -0.4 is 0 Å². The number of carbonyl (C=O) groups is 3. The second-order valence-corrected chi connectivity index (χ2v) is 17.9. The average molecular weight is 575 g/mol. The van der Waals surface area contributed by atoms with Crippen molar-refractivity contribution in [1.29, 1.82) is 0 Å². The van der Waals surface area contributed by atoms with E-state index < -0.39 is 0 Å². The molecule has 0 amide bonds. The van der Waals surface area contributed by atoms with E-state index in [1.54, 1.807) is 0 Å². The van der Waals surface area contributed by atoms with Gasteiger partial charge in [-0.2, -0.15) is 0 Å². The van der Waals surface area contributed by atoms with E-state index in [0.29, 0.717) is 65.8 Å². The SMILES string of the molecule is C[C@]12C(CC[C@@H]3[C@@H]1CC[C@]1(C)[C@@H](O)CC[C@@H]31)CC(=O)CC2C12CC[C@@H]3[C@@H](CC[C@]4(C)C(=O)CC[C@@H]34)[C@@]1(C)C=CC(=O)C2. The van der Waals surface area contributed by atoms with Crippen LogP contribution >= 0.6 is 0 Å². The first-order valence-electron chi connectivity index (χ1n) is 17.8. The number of rotatable bonds is 1. The summed E-state index contributed by atoms with van der Waals surface area (Å²) in [5.41, 5.74) is -0.353. The Morgan fingerprint density at radius 2 is 1.50 bits per heavy atom. The molecule has 7 saturated carbocycles. The number of Topliss-reactive ketones (excluding diaryl/α,β-unsaturated/α-hetero) is 2. The smallest absolute Gasteiger partial charge is 0.155 e. The van der Waals surface area contributed by atoms with Crippen molar-refractivity contribution in [2.24, 2.45) is 74.4 Å². The van der Waals surface area contributed by atoms with Gasteiger partial charge in [0, 0.05) is 31.1 Å². The molecule has 8 aliphatic rings. The van der Waals surface area contributed by atoms with Crippen LogP contribution in [0.15, 0.2) is 12.2 Å². The maximum Gasteiger partial charge on any atom is 0.155 e. The number of fused-ring (bicyclic) bond motifs is 10. The fraction of sp³-hybridized carbons (Fsp3) is 0.868. The number of hydrogen-bond acceptors (Lipinski definition) is 4. The van der Waals surface area contributed by atoms with E-state index in [1.807, 2.05) is 6.08 Å². The monoisotopic (exact) mass is 574 g/mol. The molecule has 1 N–H and O–H groups in total. The molecule has 0 aromatic heterocycles. The number of allylic oxidation sites excluding steroid dienone is 2. The van der Waals surface area contributed by atoms with Gasteiger partial charge in [-0.05, 0) is 146 Å². The number of aliphatic hydroxyl groups excluding tert-OH is 1. The maximum atomic E-state index is 13.7. The van der Waals surface area contributed by atoms with E-state index in [9.17, 15) is 19.5 Å². The van der Waals surface area contributed by atoms with Gasteiger partial charge in [0.15, 0.2) is 5.78 Å². The predicted octanol–water partition coefficient (Wildman–Crippen LogP) is 7.51. The first kappa shape index (κ1) is 28.2. The highest BCUT2D eigenvalue weighted by Gasteiger charge is 2.71. The summed E-state index contributed by atoms with van der Waals surface area (Å²) in [5, 5.41) is 11.1. The Hall–Kier alpha value is -1.29. The first-order chi connectivity index (χ1) is 19.9. The van der Waals surface area contributed by atoms with E-state index in [2.05, 4.69) is 33.8 Å². The van der Waals surface area contributed by atoms with Crippen molar-refractivity contribution < 1.29 is 19.5 Å². The lowest BCUT2D eigenvalue weighted by atomic mass is 9.32. The van der Waals surface area contributed by atoms with E-state index in [4.69, 9.17) is 0 Å². The zero-order valence-corrected chi connectivity index (χ0v) is 26.6. The molecule has 14 atom stereocenters. The molecule has 0 heterocycles. The van der Waals surface area contributed by atoms with Crippen LogP contribution in [0.3, 0.4) is 0 Å². The molecule has 0 aromatic rings. The van der Waals surface area contributed by atoms with Crippen LogP contribution in [0.1, 0.15) is 124 Å². The van der Waals surface area contributed by atoms with E-state index in [1.165, 1.54) is 6.42 Å². The van der Waals surface area contributed by atoms with Crippen LogP contribution in [0.25, 0.3) is 0 Å². The number of carbonyl (C=O) groups excluding carboxylic acids is 3. The zero-order valence-electron chi connectivity index (χ0n) is 26.6. The molecule has 4 heteroatoms. The summed E-state index contributed by atoms with van der Waals surface area (Å²) in [6, 6.07) is 0. The number of hydrogen-bond donors (Lipinski definition) is 1. The number of aliphatic hydroxyl groups is 1. The standard InChI is InChI=1S/C38H54O4/c1-34-15-13-29-26(28(34)8-10-32(34)41)12-18-38(21-23(39)11-17-36(29,38)3)31-20-24(40)19-22-5-6-25-27-7-9-33(42)35(27,2)16-14-30(25)37(22,31)4/h11,17,22,25-31,33,42H,5-10,12-16,18-21H2,1-4H3/t22?,25-,26-,27-,28-,29+,30-,31?,33-,34-,35-,36+,37-,38?/m0/s1. The second-order valence-electron chi connectivity index (χ2n) is 17.9. The van der Waals surface area contributed by atoms with Crippen LogP contribution in [-0.4, -0.2) is 28.6 Å². The molecule has 230 valence electrons. The minimum atomic E-state index is -0.183. The zero-order chi connectivity index (χ0) is 29.4. The molecule has 8 rings (SSSR count). The topological polar surface area (TPSA) is 71.4 Å². The summed E-state index contributed by atoms with van der Waals surface area (Å²) in [6.07, 6.45) is 18.7. The molecule has 0 radical (unpaired) electrons. The Bertz CT molecular complexity index is 1250. The molecule has 0 spiro atoms. The van der Waals surface area contributed by atoms with Crippen molar-refractivity contribution in [2.75, 3.05) is 0 Å². The molecule has 0 bridgehead atoms. The van der Waals surface area contributed by atoms with Crippen LogP contribution in [0.2, 0.25) is 0 Å². The third-order valence-corrected chi connectivity index (χ3v) is 17.3. The lowest BCUT2D eigenvalue weighted by Gasteiger charge is -2.71. The molecule has 0 aromatic carbocycles. The van der Waals surface area contributed by atoms with Crippen LogP contribution in [0, 0.1) is 74.4 Å². The van der Waals surface area contributed by atoms with Gasteiger partial charge in [-0.15, -0.1) is 0 Å². The summed E-state index contributed by atoms with van der Waals surface area (Å²) in [7, 11) is 0. The Morgan fingerprint density at radius 3 is 2.31 bits per heavy atom. The van der Waals surface area contributed by atoms with Crippen molar-refractivity contribution in [2.45, 2.75) is 130 Å².